The molecule has 1 N–H and O–H groups in total. The molecule has 0 saturated heterocycles. The smallest absolute Gasteiger partial charge is 0.337 e. The van der Waals surface area contributed by atoms with Crippen LogP contribution < -0.4 is 9.64 Å². The SMILES string of the molecule is [2H]C([2H])([2H])Oc1cnc(N2CCn3c(C)cc4c(-c5ccc(Cl)cc5)c([C@H](OC(C)(C)C)C(=O)O)c(C)c2c43)nc1. The lowest BCUT2D eigenvalue weighted by molar-refractivity contribution is -0.160. The Morgan fingerprint density at radius 3 is 2.45 bits per heavy atom. The van der Waals surface area contributed by atoms with Crippen LogP contribution in [-0.2, 0) is 16.1 Å². The van der Waals surface area contributed by atoms with E-state index < -0.39 is 24.7 Å². The number of carboxylic acid groups (broad SMARTS) is 1. The number of hydrogen-bond acceptors (Lipinski definition) is 6. The van der Waals surface area contributed by atoms with Gasteiger partial charge in [-0.2, -0.15) is 0 Å². The number of anilines is 2. The third-order valence-electron chi connectivity index (χ3n) is 6.71. The van der Waals surface area contributed by atoms with Gasteiger partial charge in [-0.15, -0.1) is 0 Å². The summed E-state index contributed by atoms with van der Waals surface area (Å²) < 4.78 is 35.4. The monoisotopic (exact) mass is 537 g/mol. The lowest BCUT2D eigenvalue weighted by Gasteiger charge is -2.34. The van der Waals surface area contributed by atoms with Gasteiger partial charge in [0, 0.05) is 34.8 Å². The molecule has 2 aromatic carbocycles. The zero-order valence-electron chi connectivity index (χ0n) is 24.9. The van der Waals surface area contributed by atoms with E-state index in [1.54, 1.807) is 12.1 Å². The molecule has 1 aliphatic heterocycles. The molecule has 8 nitrogen and oxygen atoms in total. The second kappa shape index (κ2) is 9.60. The first-order chi connectivity index (χ1) is 19.1. The Balaban J connectivity index is 1.80. The van der Waals surface area contributed by atoms with Gasteiger partial charge in [-0.25, -0.2) is 14.8 Å². The topological polar surface area (TPSA) is 89.7 Å². The van der Waals surface area contributed by atoms with E-state index in [2.05, 4.69) is 20.6 Å². The van der Waals surface area contributed by atoms with Gasteiger partial charge in [0.1, 0.15) is 0 Å². The maximum absolute atomic E-state index is 12.8. The Kier molecular flexibility index (Phi) is 5.65. The molecule has 3 heterocycles. The molecule has 198 valence electrons. The first-order valence-corrected chi connectivity index (χ1v) is 12.6. The van der Waals surface area contributed by atoms with Crippen molar-refractivity contribution < 1.29 is 23.5 Å². The first-order valence-electron chi connectivity index (χ1n) is 13.8. The molecule has 5 rings (SSSR count). The highest BCUT2D eigenvalue weighted by Gasteiger charge is 2.36. The van der Waals surface area contributed by atoms with Crippen molar-refractivity contribution in [1.29, 1.82) is 0 Å². The molecule has 0 saturated carbocycles. The van der Waals surface area contributed by atoms with Gasteiger partial charge in [-0.3, -0.25) is 0 Å². The summed E-state index contributed by atoms with van der Waals surface area (Å²) in [5.74, 6) is -0.743. The summed E-state index contributed by atoms with van der Waals surface area (Å²) >= 11 is 6.22. The van der Waals surface area contributed by atoms with E-state index in [9.17, 15) is 9.90 Å². The van der Waals surface area contributed by atoms with Gasteiger partial charge < -0.3 is 24.0 Å². The predicted molar refractivity (Wildman–Crippen MR) is 149 cm³/mol. The fourth-order valence-electron chi connectivity index (χ4n) is 5.23. The van der Waals surface area contributed by atoms with E-state index in [0.29, 0.717) is 35.2 Å². The molecule has 0 fully saturated rings. The zero-order valence-corrected chi connectivity index (χ0v) is 22.6. The van der Waals surface area contributed by atoms with Crippen molar-refractivity contribution in [2.24, 2.45) is 0 Å². The number of nitrogens with zero attached hydrogens (tertiary/aromatic N) is 4. The van der Waals surface area contributed by atoms with Crippen LogP contribution in [0.1, 0.15) is 47.8 Å². The Morgan fingerprint density at radius 2 is 1.84 bits per heavy atom. The minimum Gasteiger partial charge on any atom is -0.494 e. The predicted octanol–water partition coefficient (Wildman–Crippen LogP) is 6.47. The summed E-state index contributed by atoms with van der Waals surface area (Å²) in [5, 5.41) is 11.9. The first kappa shape index (κ1) is 22.4. The molecule has 9 heteroatoms. The molecule has 4 aromatic rings. The van der Waals surface area contributed by atoms with E-state index in [4.69, 9.17) is 25.2 Å². The highest BCUT2D eigenvalue weighted by molar-refractivity contribution is 6.30. The molecule has 0 bridgehead atoms. The second-order valence-electron chi connectivity index (χ2n) is 10.4. The molecule has 38 heavy (non-hydrogen) atoms. The van der Waals surface area contributed by atoms with Gasteiger partial charge in [0.2, 0.25) is 5.95 Å². The third kappa shape index (κ3) is 4.48. The van der Waals surface area contributed by atoms with Crippen LogP contribution in [0.15, 0.2) is 42.7 Å². The number of ether oxygens (including phenoxy) is 2. The van der Waals surface area contributed by atoms with Gasteiger partial charge >= 0.3 is 5.97 Å². The van der Waals surface area contributed by atoms with Crippen molar-refractivity contribution in [3.8, 4) is 16.9 Å². The van der Waals surface area contributed by atoms with Crippen molar-refractivity contribution in [1.82, 2.24) is 14.5 Å². The molecular weight excluding hydrogens is 504 g/mol. The molecule has 0 amide bonds. The Hall–Kier alpha value is -3.62. The average molecular weight is 538 g/mol. The Labute approximate surface area is 231 Å². The van der Waals surface area contributed by atoms with Gasteiger partial charge in [0.15, 0.2) is 11.9 Å². The van der Waals surface area contributed by atoms with E-state index in [-0.39, 0.29) is 5.75 Å². The molecule has 1 aliphatic rings. The minimum atomic E-state index is -2.62. The number of hydrogen-bond donors (Lipinski definition) is 1. The molecule has 1 atom stereocenters. The molecule has 0 radical (unpaired) electrons. The fourth-order valence-corrected chi connectivity index (χ4v) is 5.36. The molecule has 2 aromatic heterocycles. The fraction of sp³-hybridized carbons (Fsp3) is 0.345. The van der Waals surface area contributed by atoms with E-state index >= 15 is 0 Å². The van der Waals surface area contributed by atoms with Crippen LogP contribution in [0.2, 0.25) is 5.02 Å². The molecular formula is C29H31ClN4O4. The second-order valence-corrected chi connectivity index (χ2v) is 10.8. The number of aromatic nitrogens is 3. The summed E-state index contributed by atoms with van der Waals surface area (Å²) in [7, 11) is -2.62. The summed E-state index contributed by atoms with van der Waals surface area (Å²) in [4.78, 5) is 23.6. The van der Waals surface area contributed by atoms with E-state index in [0.717, 1.165) is 33.4 Å². The lowest BCUT2D eigenvalue weighted by Crippen LogP contribution is -2.32. The standard InChI is InChI=1S/C29H31ClN4O4/c1-16-13-21-23(18-7-9-19(30)10-8-18)22(26(27(35)36)38-29(3,4)5)17(2)24-25(21)33(16)11-12-34(24)28-31-14-20(37-6)15-32-28/h7-10,13-15,26H,11-12H2,1-6H3,(H,35,36)/t26-/m0/s1/i6D3. The Bertz CT molecular complexity index is 1630. The van der Waals surface area contributed by atoms with Crippen LogP contribution >= 0.6 is 11.6 Å². The normalized spacial score (nSPS) is 15.6. The quantitative estimate of drug-likeness (QED) is 0.301. The molecule has 0 unspecified atom stereocenters. The van der Waals surface area contributed by atoms with Gasteiger partial charge in [-0.05, 0) is 69.5 Å². The number of carbonyl (C=O) groups is 1. The number of aliphatic carboxylic acids is 1. The van der Waals surface area contributed by atoms with E-state index in [1.165, 1.54) is 12.4 Å². The van der Waals surface area contributed by atoms with Crippen LogP contribution in [-0.4, -0.2) is 44.8 Å². The molecule has 0 spiro atoms. The van der Waals surface area contributed by atoms with Crippen molar-refractivity contribution in [3.05, 3.63) is 64.6 Å². The Morgan fingerprint density at radius 1 is 1.16 bits per heavy atom. The number of methoxy groups -OCH3 is 1. The van der Waals surface area contributed by atoms with Crippen molar-refractivity contribution in [3.63, 3.8) is 0 Å². The summed E-state index contributed by atoms with van der Waals surface area (Å²) in [6.07, 6.45) is 1.38. The van der Waals surface area contributed by atoms with Crippen LogP contribution in [0, 0.1) is 13.8 Å². The average Bonchev–Trinajstić information content (AvgIpc) is 3.20. The van der Waals surface area contributed by atoms with Gasteiger partial charge in [0.05, 0.1) is 40.3 Å². The van der Waals surface area contributed by atoms with Crippen LogP contribution in [0.5, 0.6) is 5.75 Å². The third-order valence-corrected chi connectivity index (χ3v) is 6.96. The highest BCUT2D eigenvalue weighted by atomic mass is 35.5. The number of aryl methyl sites for hydroxylation is 1. The highest BCUT2D eigenvalue weighted by Crippen LogP contribution is 2.49. The zero-order chi connectivity index (χ0) is 29.9. The van der Waals surface area contributed by atoms with Crippen LogP contribution in [0.25, 0.3) is 22.0 Å². The van der Waals surface area contributed by atoms with Gasteiger partial charge in [0.25, 0.3) is 0 Å². The van der Waals surface area contributed by atoms with Crippen LogP contribution in [0.3, 0.4) is 0 Å². The molecule has 0 aliphatic carbocycles. The minimum absolute atomic E-state index is 0.0233. The summed E-state index contributed by atoms with van der Waals surface area (Å²) in [6, 6.07) is 9.42. The number of carboxylic acids is 1. The summed E-state index contributed by atoms with van der Waals surface area (Å²) in [6.45, 7) is 10.5. The number of rotatable bonds is 6. The van der Waals surface area contributed by atoms with Crippen molar-refractivity contribution >= 4 is 40.1 Å². The number of halogens is 1. The summed E-state index contributed by atoms with van der Waals surface area (Å²) in [5.41, 5.74) is 4.79. The maximum atomic E-state index is 12.8. The largest absolute Gasteiger partial charge is 0.494 e. The van der Waals surface area contributed by atoms with E-state index in [1.807, 2.05) is 51.7 Å². The van der Waals surface area contributed by atoms with Gasteiger partial charge in [-0.1, -0.05) is 23.7 Å². The van der Waals surface area contributed by atoms with Crippen LogP contribution in [0.4, 0.5) is 11.6 Å². The van der Waals surface area contributed by atoms with Crippen molar-refractivity contribution in [2.45, 2.75) is 52.9 Å². The lowest BCUT2D eigenvalue weighted by atomic mass is 9.87. The van der Waals surface area contributed by atoms with Crippen molar-refractivity contribution in [2.75, 3.05) is 18.5 Å². The maximum Gasteiger partial charge on any atom is 0.337 e. The number of benzene rings is 2.